The molecule has 0 atom stereocenters. The van der Waals surface area contributed by atoms with E-state index in [1.807, 2.05) is 12.1 Å². The zero-order chi connectivity index (χ0) is 23.4. The van der Waals surface area contributed by atoms with Gasteiger partial charge in [-0.05, 0) is 48.2 Å². The van der Waals surface area contributed by atoms with E-state index in [-0.39, 0.29) is 36.2 Å². The van der Waals surface area contributed by atoms with E-state index in [1.165, 1.54) is 11.6 Å². The lowest BCUT2D eigenvalue weighted by atomic mass is 10.1. The second kappa shape index (κ2) is 13.2. The molecule has 0 unspecified atom stereocenters. The van der Waals surface area contributed by atoms with Crippen molar-refractivity contribution < 1.29 is 4.39 Å². The van der Waals surface area contributed by atoms with Gasteiger partial charge in [0, 0.05) is 56.9 Å². The number of hydrogen-bond donors (Lipinski definition) is 0. The van der Waals surface area contributed by atoms with Gasteiger partial charge in [-0.1, -0.05) is 44.2 Å². The summed E-state index contributed by atoms with van der Waals surface area (Å²) in [7, 11) is 0. The first-order valence-electron chi connectivity index (χ1n) is 11.8. The minimum atomic E-state index is -0.233. The quantitative estimate of drug-likeness (QED) is 0.430. The normalized spacial score (nSPS) is 14.4. The number of rotatable bonds is 7. The lowest BCUT2D eigenvalue weighted by Gasteiger charge is -2.34. The molecule has 0 saturated carbocycles. The van der Waals surface area contributed by atoms with Crippen LogP contribution in [0, 0.1) is 18.7 Å². The van der Waals surface area contributed by atoms with Crippen LogP contribution in [0.2, 0.25) is 0 Å². The third-order valence-corrected chi connectivity index (χ3v) is 6.15. The number of aryl methyl sites for hydroxylation is 1. The predicted molar refractivity (Wildman–Crippen MR) is 145 cm³/mol. The summed E-state index contributed by atoms with van der Waals surface area (Å²) in [4.78, 5) is 18.0. The van der Waals surface area contributed by atoms with E-state index in [9.17, 15) is 9.18 Å². The lowest BCUT2D eigenvalue weighted by molar-refractivity contribution is 0.121. The highest BCUT2D eigenvalue weighted by Crippen LogP contribution is 2.21. The van der Waals surface area contributed by atoms with Gasteiger partial charge in [0.05, 0.1) is 5.69 Å². The molecule has 4 rings (SSSR count). The summed E-state index contributed by atoms with van der Waals surface area (Å²) in [6.07, 6.45) is 0. The van der Waals surface area contributed by atoms with Crippen LogP contribution in [0.4, 0.5) is 4.39 Å². The van der Waals surface area contributed by atoms with E-state index >= 15 is 0 Å². The minimum Gasteiger partial charge on any atom is -0.297 e. The zero-order valence-corrected chi connectivity index (χ0v) is 22.2. The molecule has 0 radical (unpaired) electrons. The zero-order valence-electron chi connectivity index (χ0n) is 20.6. The van der Waals surface area contributed by atoms with Crippen molar-refractivity contribution in [2.75, 3.05) is 26.2 Å². The fourth-order valence-electron chi connectivity index (χ4n) is 4.31. The third kappa shape index (κ3) is 7.61. The molecule has 35 heavy (non-hydrogen) atoms. The van der Waals surface area contributed by atoms with Crippen molar-refractivity contribution in [2.24, 2.45) is 5.92 Å². The Balaban J connectivity index is 0.00000216. The molecule has 5 nitrogen and oxygen atoms in total. The topological polar surface area (TPSA) is 41.4 Å². The van der Waals surface area contributed by atoms with Crippen LogP contribution in [0.3, 0.4) is 0 Å². The van der Waals surface area contributed by atoms with E-state index in [4.69, 9.17) is 0 Å². The summed E-state index contributed by atoms with van der Waals surface area (Å²) in [5.41, 5.74) is 4.18. The monoisotopic (exact) mass is 520 g/mol. The first-order valence-corrected chi connectivity index (χ1v) is 11.8. The van der Waals surface area contributed by atoms with E-state index in [0.717, 1.165) is 49.5 Å². The Morgan fingerprint density at radius 3 is 2.14 bits per heavy atom. The van der Waals surface area contributed by atoms with E-state index in [0.29, 0.717) is 24.6 Å². The molecule has 1 aliphatic heterocycles. The highest BCUT2D eigenvalue weighted by atomic mass is 35.5. The van der Waals surface area contributed by atoms with Gasteiger partial charge in [-0.25, -0.2) is 9.07 Å². The number of hydrogen-bond acceptors (Lipinski definition) is 4. The van der Waals surface area contributed by atoms with Crippen molar-refractivity contribution in [1.82, 2.24) is 19.6 Å². The van der Waals surface area contributed by atoms with Crippen molar-refractivity contribution in [3.63, 3.8) is 0 Å². The summed E-state index contributed by atoms with van der Waals surface area (Å²) in [5.74, 6) is 0.0673. The van der Waals surface area contributed by atoms with E-state index in [1.54, 1.807) is 23.7 Å². The number of halogens is 3. The van der Waals surface area contributed by atoms with Gasteiger partial charge in [-0.15, -0.1) is 24.8 Å². The molecule has 1 saturated heterocycles. The molecule has 1 aliphatic rings. The number of piperazine rings is 1. The van der Waals surface area contributed by atoms with Crippen molar-refractivity contribution >= 4 is 24.8 Å². The molecule has 2 aromatic carbocycles. The molecule has 0 N–H and O–H groups in total. The smallest absolute Gasteiger partial charge is 0.271 e. The van der Waals surface area contributed by atoms with Crippen LogP contribution in [0.15, 0.2) is 59.4 Å². The molecular weight excluding hydrogens is 486 g/mol. The molecule has 8 heteroatoms. The van der Waals surface area contributed by atoms with E-state index in [2.05, 4.69) is 53.0 Å². The highest BCUT2D eigenvalue weighted by molar-refractivity contribution is 5.85. The Bertz CT molecular complexity index is 1150. The summed E-state index contributed by atoms with van der Waals surface area (Å²) in [6, 6.07) is 17.4. The van der Waals surface area contributed by atoms with Gasteiger partial charge in [0.1, 0.15) is 5.82 Å². The molecular formula is C27H35Cl2FN4O. The van der Waals surface area contributed by atoms with Crippen LogP contribution in [-0.2, 0) is 19.6 Å². The van der Waals surface area contributed by atoms with Crippen molar-refractivity contribution in [1.29, 1.82) is 0 Å². The van der Waals surface area contributed by atoms with Crippen LogP contribution in [0.1, 0.15) is 30.5 Å². The summed E-state index contributed by atoms with van der Waals surface area (Å²) in [6.45, 7) is 11.8. The molecule has 0 bridgehead atoms. The fourth-order valence-corrected chi connectivity index (χ4v) is 4.31. The van der Waals surface area contributed by atoms with Crippen molar-refractivity contribution in [3.8, 4) is 11.3 Å². The van der Waals surface area contributed by atoms with Crippen LogP contribution in [-0.4, -0.2) is 45.8 Å². The van der Waals surface area contributed by atoms with Crippen LogP contribution >= 0.6 is 24.8 Å². The van der Waals surface area contributed by atoms with Gasteiger partial charge < -0.3 is 0 Å². The minimum absolute atomic E-state index is 0. The average molecular weight is 522 g/mol. The van der Waals surface area contributed by atoms with Gasteiger partial charge in [-0.3, -0.25) is 14.6 Å². The maximum atomic E-state index is 13.8. The molecule has 2 heterocycles. The summed E-state index contributed by atoms with van der Waals surface area (Å²) in [5, 5.41) is 4.62. The average Bonchev–Trinajstić information content (AvgIpc) is 2.80. The Kier molecular flexibility index (Phi) is 10.9. The molecule has 0 aliphatic carbocycles. The fraction of sp³-hybridized carbons (Fsp3) is 0.407. The maximum absolute atomic E-state index is 13.8. The number of benzene rings is 2. The molecule has 1 aromatic heterocycles. The second-order valence-corrected chi connectivity index (χ2v) is 9.44. The summed E-state index contributed by atoms with van der Waals surface area (Å²) < 4.78 is 15.4. The van der Waals surface area contributed by atoms with Crippen LogP contribution in [0.5, 0.6) is 0 Å². The third-order valence-electron chi connectivity index (χ3n) is 6.15. The first-order chi connectivity index (χ1) is 15.9. The largest absolute Gasteiger partial charge is 0.297 e. The van der Waals surface area contributed by atoms with E-state index < -0.39 is 0 Å². The Hall–Kier alpha value is -2.25. The molecule has 0 amide bonds. The molecule has 3 aromatic rings. The predicted octanol–water partition coefficient (Wildman–Crippen LogP) is 5.18. The Morgan fingerprint density at radius 1 is 0.914 bits per heavy atom. The van der Waals surface area contributed by atoms with Gasteiger partial charge in [0.25, 0.3) is 5.56 Å². The Morgan fingerprint density at radius 2 is 1.54 bits per heavy atom. The standard InChI is InChI=1S/C27H33FN4O.2ClH/c1-20(2)17-32-27(33)24(16-26(29-32)23-9-10-25(28)21(3)15-23)19-31-13-11-30(12-14-31)18-22-7-5-4-6-8-22;;/h4-10,15-16,20H,11-14,17-19H2,1-3H3;2*1H. The maximum Gasteiger partial charge on any atom is 0.271 e. The molecule has 1 fully saturated rings. The van der Waals surface area contributed by atoms with Crippen molar-refractivity contribution in [2.45, 2.75) is 40.4 Å². The molecule has 190 valence electrons. The number of aromatic nitrogens is 2. The van der Waals surface area contributed by atoms with Gasteiger partial charge in [-0.2, -0.15) is 5.10 Å². The van der Waals surface area contributed by atoms with Crippen molar-refractivity contribution in [3.05, 3.63) is 87.5 Å². The van der Waals surface area contributed by atoms with Crippen LogP contribution < -0.4 is 5.56 Å². The van der Waals surface area contributed by atoms with Gasteiger partial charge >= 0.3 is 0 Å². The molecule has 0 spiro atoms. The second-order valence-electron chi connectivity index (χ2n) is 9.44. The van der Waals surface area contributed by atoms with Crippen LogP contribution in [0.25, 0.3) is 11.3 Å². The summed E-state index contributed by atoms with van der Waals surface area (Å²) >= 11 is 0. The van der Waals surface area contributed by atoms with Gasteiger partial charge in [0.2, 0.25) is 0 Å². The lowest BCUT2D eigenvalue weighted by Crippen LogP contribution is -2.46. The number of nitrogens with zero attached hydrogens (tertiary/aromatic N) is 4. The SMILES string of the molecule is Cc1cc(-c2cc(CN3CCN(Cc4ccccc4)CC3)c(=O)n(CC(C)C)n2)ccc1F.Cl.Cl. The first kappa shape index (κ1) is 29.0. The highest BCUT2D eigenvalue weighted by Gasteiger charge is 2.20. The van der Waals surface area contributed by atoms with Gasteiger partial charge in [0.15, 0.2) is 0 Å². The Labute approximate surface area is 219 Å².